The number of esters is 1. The maximum atomic E-state index is 11.6. The monoisotopic (exact) mass is 250 g/mol. The van der Waals surface area contributed by atoms with E-state index in [1.807, 2.05) is 20.8 Å². The van der Waals surface area contributed by atoms with E-state index in [9.17, 15) is 4.79 Å². The summed E-state index contributed by atoms with van der Waals surface area (Å²) >= 11 is 11.2. The Bertz CT molecular complexity index is 280. The van der Waals surface area contributed by atoms with Gasteiger partial charge in [-0.1, -0.05) is 44.0 Å². The van der Waals surface area contributed by atoms with Gasteiger partial charge in [0.25, 0.3) is 0 Å². The Labute approximate surface area is 101 Å². The van der Waals surface area contributed by atoms with E-state index >= 15 is 0 Å². The van der Waals surface area contributed by atoms with Crippen molar-refractivity contribution in [3.05, 3.63) is 10.6 Å². The van der Waals surface area contributed by atoms with Crippen LogP contribution in [-0.4, -0.2) is 12.6 Å². The van der Waals surface area contributed by atoms with Crippen LogP contribution >= 0.6 is 23.2 Å². The van der Waals surface area contributed by atoms with E-state index in [1.54, 1.807) is 6.08 Å². The first-order valence-corrected chi connectivity index (χ1v) is 5.86. The predicted octanol–water partition coefficient (Wildman–Crippen LogP) is 3.53. The molecule has 4 heteroatoms. The van der Waals surface area contributed by atoms with Crippen molar-refractivity contribution in [3.63, 3.8) is 0 Å². The lowest BCUT2D eigenvalue weighted by molar-refractivity contribution is -0.146. The summed E-state index contributed by atoms with van der Waals surface area (Å²) in [5, 5.41) is 0. The molecule has 1 aliphatic carbocycles. The van der Waals surface area contributed by atoms with Gasteiger partial charge in [0.1, 0.15) is 4.49 Å². The van der Waals surface area contributed by atoms with E-state index in [2.05, 4.69) is 0 Å². The van der Waals surface area contributed by atoms with Gasteiger partial charge in [0.05, 0.1) is 12.5 Å². The minimum absolute atomic E-state index is 0.0835. The Hall–Kier alpha value is -0.210. The number of carbonyl (C=O) groups excluding carboxylic acids is 1. The van der Waals surface area contributed by atoms with E-state index in [-0.39, 0.29) is 27.7 Å². The van der Waals surface area contributed by atoms with Crippen LogP contribution in [0.5, 0.6) is 0 Å². The van der Waals surface area contributed by atoms with E-state index in [4.69, 9.17) is 27.9 Å². The van der Waals surface area contributed by atoms with Crippen molar-refractivity contribution < 1.29 is 9.53 Å². The summed E-state index contributed by atoms with van der Waals surface area (Å²) in [7, 11) is 0. The third-order valence-electron chi connectivity index (χ3n) is 2.92. The molecule has 0 aliphatic heterocycles. The maximum Gasteiger partial charge on any atom is 0.310 e. The summed E-state index contributed by atoms with van der Waals surface area (Å²) < 4.78 is 5.33. The average Bonchev–Trinajstić information content (AvgIpc) is 2.63. The molecule has 15 heavy (non-hydrogen) atoms. The fraction of sp³-hybridized carbons (Fsp3) is 0.727. The summed E-state index contributed by atoms with van der Waals surface area (Å²) in [6.07, 6.45) is 2.57. The van der Waals surface area contributed by atoms with E-state index in [1.165, 1.54) is 0 Å². The predicted molar refractivity (Wildman–Crippen MR) is 61.8 cm³/mol. The first-order chi connectivity index (χ1) is 6.91. The molecule has 0 saturated heterocycles. The molecule has 0 spiro atoms. The lowest BCUT2D eigenvalue weighted by Crippen LogP contribution is -2.11. The first-order valence-electron chi connectivity index (χ1n) is 5.10. The third-order valence-corrected chi connectivity index (χ3v) is 3.17. The molecule has 0 aromatic carbocycles. The summed E-state index contributed by atoms with van der Waals surface area (Å²) in [5.74, 6) is -0.138. The van der Waals surface area contributed by atoms with Gasteiger partial charge in [-0.2, -0.15) is 0 Å². The minimum atomic E-state index is -0.141. The number of hydrogen-bond donors (Lipinski definition) is 0. The van der Waals surface area contributed by atoms with Gasteiger partial charge in [-0.05, 0) is 23.8 Å². The molecule has 1 fully saturated rings. The van der Waals surface area contributed by atoms with E-state index in [0.29, 0.717) is 6.61 Å². The number of allylic oxidation sites excluding steroid dienone is 1. The molecule has 2 atom stereocenters. The SMILES string of the molecule is CCCOC(=O)C1C(C=C(Cl)Cl)C1(C)C. The van der Waals surface area contributed by atoms with Gasteiger partial charge in [-0.25, -0.2) is 0 Å². The fourth-order valence-electron chi connectivity index (χ4n) is 1.87. The highest BCUT2D eigenvalue weighted by Gasteiger charge is 2.61. The van der Waals surface area contributed by atoms with Gasteiger partial charge in [0, 0.05) is 0 Å². The Morgan fingerprint density at radius 2 is 2.07 bits per heavy atom. The maximum absolute atomic E-state index is 11.6. The van der Waals surface area contributed by atoms with Crippen molar-refractivity contribution in [1.29, 1.82) is 0 Å². The van der Waals surface area contributed by atoms with Crippen molar-refractivity contribution in [2.45, 2.75) is 27.2 Å². The molecule has 86 valence electrons. The molecule has 0 aromatic rings. The summed E-state index contributed by atoms with van der Waals surface area (Å²) in [4.78, 5) is 11.6. The molecular weight excluding hydrogens is 235 g/mol. The number of rotatable bonds is 4. The van der Waals surface area contributed by atoms with E-state index in [0.717, 1.165) is 6.42 Å². The van der Waals surface area contributed by atoms with Crippen LogP contribution in [0.3, 0.4) is 0 Å². The molecule has 1 rings (SSSR count). The van der Waals surface area contributed by atoms with Gasteiger partial charge in [-0.15, -0.1) is 0 Å². The fourth-order valence-corrected chi connectivity index (χ4v) is 2.14. The lowest BCUT2D eigenvalue weighted by atomic mass is 10.1. The number of ether oxygens (including phenoxy) is 1. The minimum Gasteiger partial charge on any atom is -0.465 e. The van der Waals surface area contributed by atoms with Crippen LogP contribution in [0.4, 0.5) is 0 Å². The van der Waals surface area contributed by atoms with E-state index < -0.39 is 0 Å². The first kappa shape index (κ1) is 12.9. The standard InChI is InChI=1S/C11H16Cl2O2/c1-4-5-15-10(14)9-7(6-8(12)13)11(9,2)3/h6-7,9H,4-5H2,1-3H3. The highest BCUT2D eigenvalue weighted by atomic mass is 35.5. The third kappa shape index (κ3) is 2.88. The molecule has 2 unspecified atom stereocenters. The van der Waals surface area contributed by atoms with Crippen LogP contribution in [0.2, 0.25) is 0 Å². The number of halogens is 2. The molecule has 0 N–H and O–H groups in total. The van der Waals surface area contributed by atoms with Crippen LogP contribution in [0.1, 0.15) is 27.2 Å². The van der Waals surface area contributed by atoms with Gasteiger partial charge in [-0.3, -0.25) is 4.79 Å². The molecule has 0 bridgehead atoms. The molecule has 0 aromatic heterocycles. The zero-order valence-electron chi connectivity index (χ0n) is 9.22. The van der Waals surface area contributed by atoms with Crippen LogP contribution in [0, 0.1) is 17.3 Å². The molecule has 1 saturated carbocycles. The molecular formula is C11H16Cl2O2. The number of carbonyl (C=O) groups is 1. The normalized spacial score (nSPS) is 27.0. The van der Waals surface area contributed by atoms with Gasteiger partial charge in [0.2, 0.25) is 0 Å². The van der Waals surface area contributed by atoms with Crippen LogP contribution in [-0.2, 0) is 9.53 Å². The molecule has 0 radical (unpaired) electrons. The summed E-state index contributed by atoms with van der Waals surface area (Å²) in [5.41, 5.74) is -0.0835. The van der Waals surface area contributed by atoms with Crippen LogP contribution in [0.25, 0.3) is 0 Å². The zero-order valence-corrected chi connectivity index (χ0v) is 10.7. The molecule has 0 amide bonds. The Kier molecular flexibility index (Phi) is 4.07. The van der Waals surface area contributed by atoms with Gasteiger partial charge in [0.15, 0.2) is 0 Å². The Balaban J connectivity index is 2.58. The van der Waals surface area contributed by atoms with Gasteiger partial charge < -0.3 is 4.74 Å². The second kappa shape index (κ2) is 4.75. The Morgan fingerprint density at radius 1 is 1.47 bits per heavy atom. The van der Waals surface area contributed by atoms with Crippen molar-refractivity contribution >= 4 is 29.2 Å². The van der Waals surface area contributed by atoms with Gasteiger partial charge >= 0.3 is 5.97 Å². The summed E-state index contributed by atoms with van der Waals surface area (Å²) in [6, 6.07) is 0. The second-order valence-electron chi connectivity index (χ2n) is 4.45. The molecule has 2 nitrogen and oxygen atoms in total. The number of hydrogen-bond acceptors (Lipinski definition) is 2. The molecule has 0 heterocycles. The smallest absolute Gasteiger partial charge is 0.310 e. The van der Waals surface area contributed by atoms with Crippen molar-refractivity contribution in [2.75, 3.05) is 6.61 Å². The highest BCUT2D eigenvalue weighted by molar-refractivity contribution is 6.55. The van der Waals surface area contributed by atoms with Crippen molar-refractivity contribution in [2.24, 2.45) is 17.3 Å². The summed E-state index contributed by atoms with van der Waals surface area (Å²) in [6.45, 7) is 6.49. The second-order valence-corrected chi connectivity index (χ2v) is 5.46. The average molecular weight is 251 g/mol. The van der Waals surface area contributed by atoms with Crippen molar-refractivity contribution in [1.82, 2.24) is 0 Å². The largest absolute Gasteiger partial charge is 0.465 e. The highest BCUT2D eigenvalue weighted by Crippen LogP contribution is 2.60. The molecule has 1 aliphatic rings. The topological polar surface area (TPSA) is 26.3 Å². The van der Waals surface area contributed by atoms with Crippen molar-refractivity contribution in [3.8, 4) is 0 Å². The Morgan fingerprint density at radius 3 is 2.53 bits per heavy atom. The zero-order chi connectivity index (χ0) is 11.6. The van der Waals surface area contributed by atoms with Crippen LogP contribution in [0.15, 0.2) is 10.6 Å². The quantitative estimate of drug-likeness (QED) is 0.714. The van der Waals surface area contributed by atoms with Crippen LogP contribution < -0.4 is 0 Å². The lowest BCUT2D eigenvalue weighted by Gasteiger charge is -2.03.